The van der Waals surface area contributed by atoms with Gasteiger partial charge in [-0.2, -0.15) is 0 Å². The Balaban J connectivity index is 1.67. The maximum atomic E-state index is 14.3. The first-order valence-electron chi connectivity index (χ1n) is 13.4. The van der Waals surface area contributed by atoms with Crippen molar-refractivity contribution in [3.63, 3.8) is 0 Å². The average Bonchev–Trinajstić information content (AvgIpc) is 3.57. The summed E-state index contributed by atoms with van der Waals surface area (Å²) in [6, 6.07) is 6.23. The topological polar surface area (TPSA) is 106 Å². The Morgan fingerprint density at radius 3 is 2.63 bits per heavy atom. The van der Waals surface area contributed by atoms with Crippen molar-refractivity contribution in [2.45, 2.75) is 56.3 Å². The minimum atomic E-state index is -1.10. The highest BCUT2D eigenvalue weighted by Gasteiger charge is 2.75. The standard InChI is InChI=1S/C29H38N2O7/c1-4-6-9-19-37-28(35)23-22-14-15-29(38-22)24(23)26(33)31(17-7-8-18-32)25(29)27(34)30(16-5-2)20-10-12-21(36-3)13-11-20/h4-5,10-13,22-25,32H,1-2,6-9,14-19H2,3H3/t22-,23+,24-,25?,29?/m0/s1. The van der Waals surface area contributed by atoms with Crippen molar-refractivity contribution < 1.29 is 33.7 Å². The number of rotatable bonds is 14. The molecule has 3 aliphatic rings. The van der Waals surface area contributed by atoms with Gasteiger partial charge in [0.05, 0.1) is 31.7 Å². The smallest absolute Gasteiger partial charge is 0.312 e. The fraction of sp³-hybridized carbons (Fsp3) is 0.552. The van der Waals surface area contributed by atoms with Gasteiger partial charge in [0, 0.05) is 25.4 Å². The highest BCUT2D eigenvalue weighted by Crippen LogP contribution is 2.59. The lowest BCUT2D eigenvalue weighted by molar-refractivity contribution is -0.155. The van der Waals surface area contributed by atoms with Crippen LogP contribution in [0.25, 0.3) is 0 Å². The second-order valence-electron chi connectivity index (χ2n) is 10.1. The van der Waals surface area contributed by atoms with Gasteiger partial charge in [-0.3, -0.25) is 14.4 Å². The highest BCUT2D eigenvalue weighted by molar-refractivity contribution is 6.04. The van der Waals surface area contributed by atoms with Gasteiger partial charge in [-0.15, -0.1) is 13.2 Å². The number of allylic oxidation sites excluding steroid dienone is 1. The number of anilines is 1. The summed E-state index contributed by atoms with van der Waals surface area (Å²) in [6.45, 7) is 8.27. The van der Waals surface area contributed by atoms with Crippen molar-refractivity contribution >= 4 is 23.5 Å². The van der Waals surface area contributed by atoms with E-state index < -0.39 is 35.6 Å². The minimum Gasteiger partial charge on any atom is -0.497 e. The monoisotopic (exact) mass is 526 g/mol. The lowest BCUT2D eigenvalue weighted by Gasteiger charge is -2.36. The Labute approximate surface area is 224 Å². The number of aliphatic hydroxyl groups excluding tert-OH is 1. The van der Waals surface area contributed by atoms with Crippen LogP contribution in [0.1, 0.15) is 38.5 Å². The second-order valence-corrected chi connectivity index (χ2v) is 10.1. The number of likely N-dealkylation sites (tertiary alicyclic amines) is 1. The number of esters is 1. The van der Waals surface area contributed by atoms with Crippen molar-refractivity contribution in [1.29, 1.82) is 0 Å². The maximum absolute atomic E-state index is 14.3. The van der Waals surface area contributed by atoms with E-state index >= 15 is 0 Å². The summed E-state index contributed by atoms with van der Waals surface area (Å²) in [4.78, 5) is 44.6. The Morgan fingerprint density at radius 1 is 1.21 bits per heavy atom. The van der Waals surface area contributed by atoms with Gasteiger partial charge in [-0.25, -0.2) is 0 Å². The number of carbonyl (C=O) groups excluding carboxylic acids is 3. The van der Waals surface area contributed by atoms with Crippen molar-refractivity contribution in [2.75, 3.05) is 38.3 Å². The molecule has 1 spiro atoms. The van der Waals surface area contributed by atoms with Gasteiger partial charge in [-0.1, -0.05) is 12.2 Å². The molecule has 1 aromatic carbocycles. The zero-order valence-corrected chi connectivity index (χ0v) is 22.0. The van der Waals surface area contributed by atoms with E-state index in [1.165, 1.54) is 0 Å². The van der Waals surface area contributed by atoms with Crippen molar-refractivity contribution in [3.8, 4) is 5.75 Å². The van der Waals surface area contributed by atoms with E-state index in [9.17, 15) is 19.5 Å². The molecule has 1 aromatic rings. The number of unbranched alkanes of at least 4 members (excludes halogenated alkanes) is 2. The number of fused-ring (bicyclic) bond motifs is 1. The third kappa shape index (κ3) is 4.97. The molecular formula is C29H38N2O7. The Bertz CT molecular complexity index is 1040. The lowest BCUT2D eigenvalue weighted by Crippen LogP contribution is -2.56. The first kappa shape index (κ1) is 27.9. The van der Waals surface area contributed by atoms with Crippen molar-refractivity contribution in [3.05, 3.63) is 49.6 Å². The quantitative estimate of drug-likeness (QED) is 0.226. The summed E-state index contributed by atoms with van der Waals surface area (Å²) in [6.07, 6.45) is 6.44. The maximum Gasteiger partial charge on any atom is 0.312 e. The van der Waals surface area contributed by atoms with Crippen LogP contribution in [-0.4, -0.2) is 79.0 Å². The average molecular weight is 527 g/mol. The zero-order valence-electron chi connectivity index (χ0n) is 22.0. The van der Waals surface area contributed by atoms with E-state index in [0.717, 1.165) is 6.42 Å². The lowest BCUT2D eigenvalue weighted by atomic mass is 9.70. The summed E-state index contributed by atoms with van der Waals surface area (Å²) >= 11 is 0. The molecule has 206 valence electrons. The van der Waals surface area contributed by atoms with Gasteiger partial charge in [0.15, 0.2) is 0 Å². The molecule has 2 amide bonds. The number of carbonyl (C=O) groups is 3. The first-order chi connectivity index (χ1) is 18.4. The number of ether oxygens (including phenoxy) is 3. The zero-order chi connectivity index (χ0) is 27.3. The predicted molar refractivity (Wildman–Crippen MR) is 142 cm³/mol. The SMILES string of the molecule is C=CCCCOC(=O)[C@@H]1[C@@H]2CCC3(O2)C(C(=O)N(CC=C)c2ccc(OC)cc2)N(CCCCO)C(=O)[C@H]13. The molecule has 3 aliphatic heterocycles. The Hall–Kier alpha value is -3.17. The molecule has 38 heavy (non-hydrogen) atoms. The molecule has 9 heteroatoms. The second kappa shape index (κ2) is 12.1. The molecule has 0 aliphatic carbocycles. The van der Waals surface area contributed by atoms with Gasteiger partial charge in [-0.05, 0) is 62.8 Å². The van der Waals surface area contributed by atoms with Crippen LogP contribution >= 0.6 is 0 Å². The molecule has 9 nitrogen and oxygen atoms in total. The molecule has 2 unspecified atom stereocenters. The van der Waals surface area contributed by atoms with Crippen LogP contribution in [0.3, 0.4) is 0 Å². The van der Waals surface area contributed by atoms with Gasteiger partial charge in [0.1, 0.15) is 17.4 Å². The van der Waals surface area contributed by atoms with Gasteiger partial charge in [0.25, 0.3) is 5.91 Å². The van der Waals surface area contributed by atoms with E-state index in [4.69, 9.17) is 14.2 Å². The number of hydrogen-bond acceptors (Lipinski definition) is 7. The minimum absolute atomic E-state index is 0.0120. The van der Waals surface area contributed by atoms with E-state index in [0.29, 0.717) is 43.5 Å². The normalized spacial score (nSPS) is 27.2. The van der Waals surface area contributed by atoms with Crippen LogP contribution in [0, 0.1) is 11.8 Å². The summed E-state index contributed by atoms with van der Waals surface area (Å²) in [7, 11) is 1.57. The summed E-state index contributed by atoms with van der Waals surface area (Å²) in [5.74, 6) is -1.85. The number of benzene rings is 1. The molecule has 3 saturated heterocycles. The molecule has 0 saturated carbocycles. The third-order valence-electron chi connectivity index (χ3n) is 7.87. The molecule has 1 N–H and O–H groups in total. The van der Waals surface area contributed by atoms with Crippen LogP contribution in [-0.2, 0) is 23.9 Å². The van der Waals surface area contributed by atoms with Crippen molar-refractivity contribution in [1.82, 2.24) is 4.90 Å². The number of hydrogen-bond donors (Lipinski definition) is 1. The van der Waals surface area contributed by atoms with Crippen LogP contribution in [0.5, 0.6) is 5.75 Å². The van der Waals surface area contributed by atoms with Gasteiger partial charge < -0.3 is 29.1 Å². The number of aliphatic hydroxyl groups is 1. The molecular weight excluding hydrogens is 488 g/mol. The number of nitrogens with zero attached hydrogens (tertiary/aromatic N) is 2. The molecule has 3 fully saturated rings. The van der Waals surface area contributed by atoms with E-state index in [2.05, 4.69) is 13.2 Å². The molecule has 0 aromatic heterocycles. The fourth-order valence-electron chi connectivity index (χ4n) is 6.19. The number of methoxy groups -OCH3 is 1. The first-order valence-corrected chi connectivity index (χ1v) is 13.4. The van der Waals surface area contributed by atoms with Crippen LogP contribution in [0.4, 0.5) is 5.69 Å². The number of amides is 2. The highest BCUT2D eigenvalue weighted by atomic mass is 16.6. The van der Waals surface area contributed by atoms with E-state index in [1.54, 1.807) is 53.3 Å². The molecule has 2 bridgehead atoms. The molecule has 5 atom stereocenters. The Morgan fingerprint density at radius 2 is 1.97 bits per heavy atom. The summed E-state index contributed by atoms with van der Waals surface area (Å²) < 4.78 is 17.3. The predicted octanol–water partition coefficient (Wildman–Crippen LogP) is 2.87. The molecule has 0 radical (unpaired) electrons. The third-order valence-corrected chi connectivity index (χ3v) is 7.87. The van der Waals surface area contributed by atoms with E-state index in [-0.39, 0.29) is 38.1 Å². The molecule has 4 rings (SSSR count). The van der Waals surface area contributed by atoms with Crippen LogP contribution in [0.15, 0.2) is 49.6 Å². The largest absolute Gasteiger partial charge is 0.497 e. The van der Waals surface area contributed by atoms with Gasteiger partial charge >= 0.3 is 5.97 Å². The fourth-order valence-corrected chi connectivity index (χ4v) is 6.19. The van der Waals surface area contributed by atoms with Crippen LogP contribution in [0.2, 0.25) is 0 Å². The van der Waals surface area contributed by atoms with Gasteiger partial charge in [0.2, 0.25) is 5.91 Å². The summed E-state index contributed by atoms with van der Waals surface area (Å²) in [5.41, 5.74) is -0.460. The Kier molecular flexibility index (Phi) is 8.89. The molecule has 3 heterocycles. The van der Waals surface area contributed by atoms with Crippen molar-refractivity contribution in [2.24, 2.45) is 11.8 Å². The summed E-state index contributed by atoms with van der Waals surface area (Å²) in [5, 5.41) is 9.34. The van der Waals surface area contributed by atoms with E-state index in [1.807, 2.05) is 0 Å². The van der Waals surface area contributed by atoms with Crippen LogP contribution < -0.4 is 9.64 Å².